The number of aryl methyl sites for hydroxylation is 1. The second-order valence-corrected chi connectivity index (χ2v) is 8.89. The highest BCUT2D eigenvalue weighted by Gasteiger charge is 2.27. The highest BCUT2D eigenvalue weighted by molar-refractivity contribution is 6.35. The number of aromatic nitrogens is 2. The fourth-order valence-corrected chi connectivity index (χ4v) is 4.30. The molecule has 4 rings (SSSR count). The van der Waals surface area contributed by atoms with Crippen molar-refractivity contribution in [1.29, 1.82) is 0 Å². The molecule has 0 radical (unpaired) electrons. The number of benzene rings is 1. The van der Waals surface area contributed by atoms with E-state index in [1.54, 1.807) is 18.2 Å². The van der Waals surface area contributed by atoms with Gasteiger partial charge in [0.2, 0.25) is 0 Å². The van der Waals surface area contributed by atoms with Crippen LogP contribution in [0.25, 0.3) is 0 Å². The maximum absolute atomic E-state index is 12.5. The van der Waals surface area contributed by atoms with Crippen LogP contribution in [0.2, 0.25) is 10.0 Å². The van der Waals surface area contributed by atoms with Crippen LogP contribution in [-0.4, -0.2) is 28.3 Å². The van der Waals surface area contributed by atoms with E-state index in [2.05, 4.69) is 21.8 Å². The fraction of sp³-hybridized carbons (Fsp3) is 0.524. The number of halogens is 2. The summed E-state index contributed by atoms with van der Waals surface area (Å²) in [6.07, 6.45) is 6.69. The minimum atomic E-state index is -0.142. The highest BCUT2D eigenvalue weighted by Crippen LogP contribution is 2.40. The summed E-state index contributed by atoms with van der Waals surface area (Å²) in [5.41, 5.74) is 1.66. The van der Waals surface area contributed by atoms with Crippen molar-refractivity contribution in [3.05, 3.63) is 45.6 Å². The average Bonchev–Trinajstić information content (AvgIpc) is 3.46. The molecule has 2 saturated carbocycles. The summed E-state index contributed by atoms with van der Waals surface area (Å²) in [4.78, 5) is 12.5. The van der Waals surface area contributed by atoms with Gasteiger partial charge in [0.15, 0.2) is 0 Å². The van der Waals surface area contributed by atoms with Gasteiger partial charge in [-0.1, -0.05) is 23.2 Å². The van der Waals surface area contributed by atoms with Crippen LogP contribution in [0.5, 0.6) is 0 Å². The summed E-state index contributed by atoms with van der Waals surface area (Å²) in [5.74, 6) is 2.25. The van der Waals surface area contributed by atoms with Crippen LogP contribution < -0.4 is 10.6 Å². The molecule has 0 bridgehead atoms. The van der Waals surface area contributed by atoms with Gasteiger partial charge in [-0.05, 0) is 62.6 Å². The largest absolute Gasteiger partial charge is 0.370 e. The fourth-order valence-electron chi connectivity index (χ4n) is 3.93. The Morgan fingerprint density at radius 3 is 2.61 bits per heavy atom. The molecule has 0 saturated heterocycles. The molecule has 150 valence electrons. The molecular weight excluding hydrogens is 395 g/mol. The molecular formula is C21H26Cl2N4O. The van der Waals surface area contributed by atoms with Crippen LogP contribution in [0, 0.1) is 5.92 Å². The molecule has 2 aliphatic carbocycles. The maximum atomic E-state index is 12.5. The van der Waals surface area contributed by atoms with Crippen LogP contribution in [0.1, 0.15) is 60.5 Å². The van der Waals surface area contributed by atoms with Crippen LogP contribution in [0.4, 0.5) is 5.82 Å². The van der Waals surface area contributed by atoms with Crippen molar-refractivity contribution >= 4 is 34.9 Å². The standard InChI is InChI=1S/C21H26Cl2N4O/c1-27-20(11-19(26-27)14-4-5-14)24-12-13-2-7-16(8-3-13)25-21(28)17-10-15(22)6-9-18(17)23/h6,9-11,13-14,16,24H,2-5,7-8,12H2,1H3,(H,25,28). The highest BCUT2D eigenvalue weighted by atomic mass is 35.5. The Morgan fingerprint density at radius 1 is 1.14 bits per heavy atom. The van der Waals surface area contributed by atoms with Crippen molar-refractivity contribution < 1.29 is 4.79 Å². The molecule has 0 unspecified atom stereocenters. The molecule has 0 atom stereocenters. The molecule has 0 aliphatic heterocycles. The van der Waals surface area contributed by atoms with E-state index in [1.807, 2.05) is 11.7 Å². The summed E-state index contributed by atoms with van der Waals surface area (Å²) in [6, 6.07) is 7.36. The average molecular weight is 421 g/mol. The van der Waals surface area contributed by atoms with E-state index in [9.17, 15) is 4.79 Å². The van der Waals surface area contributed by atoms with Gasteiger partial charge in [-0.25, -0.2) is 0 Å². The number of hydrogen-bond donors (Lipinski definition) is 2. The van der Waals surface area contributed by atoms with Crippen molar-refractivity contribution in [1.82, 2.24) is 15.1 Å². The minimum Gasteiger partial charge on any atom is -0.370 e. The zero-order valence-electron chi connectivity index (χ0n) is 16.0. The van der Waals surface area contributed by atoms with Crippen molar-refractivity contribution in [2.45, 2.75) is 50.5 Å². The lowest BCUT2D eigenvalue weighted by Crippen LogP contribution is -2.38. The van der Waals surface area contributed by atoms with E-state index in [1.165, 1.54) is 18.5 Å². The Morgan fingerprint density at radius 2 is 1.89 bits per heavy atom. The SMILES string of the molecule is Cn1nc(C2CC2)cc1NCC1CCC(NC(=O)c2cc(Cl)ccc2Cl)CC1. The van der Waals surface area contributed by atoms with E-state index in [-0.39, 0.29) is 11.9 Å². The Hall–Kier alpha value is -1.72. The normalized spacial score (nSPS) is 22.1. The number of nitrogens with zero attached hydrogens (tertiary/aromatic N) is 2. The number of amides is 1. The molecule has 2 aromatic rings. The predicted molar refractivity (Wildman–Crippen MR) is 113 cm³/mol. The number of hydrogen-bond acceptors (Lipinski definition) is 3. The first-order valence-electron chi connectivity index (χ1n) is 10.0. The van der Waals surface area contributed by atoms with Gasteiger partial charge in [-0.2, -0.15) is 5.10 Å². The zero-order chi connectivity index (χ0) is 19.7. The van der Waals surface area contributed by atoms with Gasteiger partial charge in [-0.3, -0.25) is 9.48 Å². The first-order chi connectivity index (χ1) is 13.5. The topological polar surface area (TPSA) is 59.0 Å². The van der Waals surface area contributed by atoms with E-state index >= 15 is 0 Å². The lowest BCUT2D eigenvalue weighted by Gasteiger charge is -2.29. The number of rotatable bonds is 6. The van der Waals surface area contributed by atoms with Crippen molar-refractivity contribution in [2.24, 2.45) is 13.0 Å². The lowest BCUT2D eigenvalue weighted by molar-refractivity contribution is 0.0923. The van der Waals surface area contributed by atoms with Gasteiger partial charge in [0.25, 0.3) is 5.91 Å². The minimum absolute atomic E-state index is 0.142. The Bertz CT molecular complexity index is 854. The van der Waals surface area contributed by atoms with E-state index in [0.717, 1.165) is 38.0 Å². The van der Waals surface area contributed by atoms with Crippen LogP contribution in [-0.2, 0) is 7.05 Å². The molecule has 2 fully saturated rings. The number of carbonyl (C=O) groups excluding carboxylic acids is 1. The van der Waals surface area contributed by atoms with Crippen molar-refractivity contribution in [3.8, 4) is 0 Å². The monoisotopic (exact) mass is 420 g/mol. The van der Waals surface area contributed by atoms with Crippen molar-refractivity contribution in [3.63, 3.8) is 0 Å². The summed E-state index contributed by atoms with van der Waals surface area (Å²) in [5, 5.41) is 12.2. The second-order valence-electron chi connectivity index (χ2n) is 8.05. The quantitative estimate of drug-likeness (QED) is 0.690. The lowest BCUT2D eigenvalue weighted by atomic mass is 9.86. The van der Waals surface area contributed by atoms with E-state index in [0.29, 0.717) is 27.4 Å². The van der Waals surface area contributed by atoms with Gasteiger partial charge in [0, 0.05) is 36.6 Å². The smallest absolute Gasteiger partial charge is 0.253 e. The second kappa shape index (κ2) is 8.34. The van der Waals surface area contributed by atoms with Crippen LogP contribution in [0.15, 0.2) is 24.3 Å². The molecule has 1 heterocycles. The number of nitrogens with one attached hydrogen (secondary N) is 2. The summed E-state index contributed by atoms with van der Waals surface area (Å²) in [6.45, 7) is 0.949. The van der Waals surface area contributed by atoms with Crippen LogP contribution >= 0.6 is 23.2 Å². The Balaban J connectivity index is 1.24. The molecule has 1 aromatic heterocycles. The molecule has 7 heteroatoms. The van der Waals surface area contributed by atoms with Gasteiger partial charge in [0.1, 0.15) is 5.82 Å². The van der Waals surface area contributed by atoms with Crippen molar-refractivity contribution in [2.75, 3.05) is 11.9 Å². The van der Waals surface area contributed by atoms with E-state index < -0.39 is 0 Å². The molecule has 0 spiro atoms. The van der Waals surface area contributed by atoms with Crippen LogP contribution in [0.3, 0.4) is 0 Å². The molecule has 28 heavy (non-hydrogen) atoms. The molecule has 2 aliphatic rings. The molecule has 1 amide bonds. The van der Waals surface area contributed by atoms with Gasteiger partial charge in [0.05, 0.1) is 16.3 Å². The third kappa shape index (κ3) is 4.64. The summed E-state index contributed by atoms with van der Waals surface area (Å²) >= 11 is 12.1. The number of anilines is 1. The zero-order valence-corrected chi connectivity index (χ0v) is 17.6. The van der Waals surface area contributed by atoms with Gasteiger partial charge in [-0.15, -0.1) is 0 Å². The first kappa shape index (κ1) is 19.6. The summed E-state index contributed by atoms with van der Waals surface area (Å²) < 4.78 is 1.95. The predicted octanol–water partition coefficient (Wildman–Crippen LogP) is 5.01. The Labute approximate surface area is 175 Å². The summed E-state index contributed by atoms with van der Waals surface area (Å²) in [7, 11) is 2.00. The van der Waals surface area contributed by atoms with Gasteiger partial charge < -0.3 is 10.6 Å². The number of carbonyl (C=O) groups is 1. The molecule has 2 N–H and O–H groups in total. The third-order valence-electron chi connectivity index (χ3n) is 5.82. The van der Waals surface area contributed by atoms with Gasteiger partial charge >= 0.3 is 0 Å². The third-order valence-corrected chi connectivity index (χ3v) is 6.39. The van der Waals surface area contributed by atoms with E-state index in [4.69, 9.17) is 23.2 Å². The maximum Gasteiger partial charge on any atom is 0.253 e. The molecule has 1 aromatic carbocycles. The first-order valence-corrected chi connectivity index (χ1v) is 10.8. The molecule has 5 nitrogen and oxygen atoms in total. The Kier molecular flexibility index (Phi) is 5.83.